The highest BCUT2D eigenvalue weighted by Crippen LogP contribution is 2.38. The lowest BCUT2D eigenvalue weighted by atomic mass is 9.86. The number of epoxide rings is 1. The van der Waals surface area contributed by atoms with Crippen molar-refractivity contribution in [3.05, 3.63) is 36.0 Å². The van der Waals surface area contributed by atoms with Gasteiger partial charge in [-0.1, -0.05) is 52.0 Å². The number of carboxylic acid groups (broad SMARTS) is 1. The van der Waals surface area contributed by atoms with E-state index in [2.05, 4.69) is 4.90 Å². The number of allylic oxidation sites excluding steroid dienone is 2. The van der Waals surface area contributed by atoms with Crippen LogP contribution in [0.3, 0.4) is 0 Å². The first-order chi connectivity index (χ1) is 24.0. The second-order valence-corrected chi connectivity index (χ2v) is 15.5. The van der Waals surface area contributed by atoms with Crippen molar-refractivity contribution < 1.29 is 48.7 Å². The van der Waals surface area contributed by atoms with E-state index in [1.807, 2.05) is 59.8 Å². The summed E-state index contributed by atoms with van der Waals surface area (Å²) < 4.78 is 24.0. The number of aliphatic carboxylic acids is 1. The molecule has 3 rings (SSSR count). The lowest BCUT2D eigenvalue weighted by molar-refractivity contribution is -0.150. The number of piperazine rings is 1. The van der Waals surface area contributed by atoms with Crippen molar-refractivity contribution in [3.63, 3.8) is 0 Å². The number of cyclic esters (lactones) is 1. The van der Waals surface area contributed by atoms with E-state index >= 15 is 0 Å². The van der Waals surface area contributed by atoms with Gasteiger partial charge < -0.3 is 39.2 Å². The highest BCUT2D eigenvalue weighted by atomic mass is 16.6. The van der Waals surface area contributed by atoms with Crippen molar-refractivity contribution in [1.29, 1.82) is 0 Å². The molecule has 2 fully saturated rings. The fourth-order valence-corrected chi connectivity index (χ4v) is 6.97. The molecule has 0 aromatic carbocycles. The molecule has 0 unspecified atom stereocenters. The van der Waals surface area contributed by atoms with Crippen LogP contribution in [0.4, 0.5) is 4.79 Å². The first-order valence-electron chi connectivity index (χ1n) is 18.7. The van der Waals surface area contributed by atoms with E-state index in [4.69, 9.17) is 24.1 Å². The van der Waals surface area contributed by atoms with E-state index < -0.39 is 41.6 Å². The highest BCUT2D eigenvalue weighted by molar-refractivity contribution is 5.70. The van der Waals surface area contributed by atoms with Gasteiger partial charge in [0.05, 0.1) is 23.9 Å². The summed E-state index contributed by atoms with van der Waals surface area (Å²) in [6, 6.07) is 0. The SMILES string of the molecule is CC[C@H](O)[C@@H](C)[C@H]1O[C@@H]1C[C@@](C)(O)/C=C/C=C(\C)[C@H]1OC(=O)C[C@H](C)CC[C@@](C)(OC)[C@@H](OC(=O)N2CCN(CCCC(=O)O)CC2)/C=C/[C@@H]1C. The van der Waals surface area contributed by atoms with Gasteiger partial charge in [-0.15, -0.1) is 0 Å². The Balaban J connectivity index is 1.73. The monoisotopic (exact) mass is 720 g/mol. The normalized spacial score (nSPS) is 32.9. The Kier molecular flexibility index (Phi) is 16.2. The third kappa shape index (κ3) is 13.3. The molecule has 3 N–H and O–H groups in total. The summed E-state index contributed by atoms with van der Waals surface area (Å²) in [7, 11) is 1.61. The van der Waals surface area contributed by atoms with E-state index in [-0.39, 0.29) is 48.8 Å². The third-order valence-corrected chi connectivity index (χ3v) is 10.8. The molecule has 3 heterocycles. The topological polar surface area (TPSA) is 159 Å². The van der Waals surface area contributed by atoms with Gasteiger partial charge in [0.15, 0.2) is 6.10 Å². The van der Waals surface area contributed by atoms with E-state index in [0.29, 0.717) is 64.8 Å². The van der Waals surface area contributed by atoms with Crippen LogP contribution in [0.2, 0.25) is 0 Å². The molecule has 3 aliphatic rings. The van der Waals surface area contributed by atoms with Gasteiger partial charge in [-0.2, -0.15) is 0 Å². The number of ether oxygens (including phenoxy) is 4. The predicted molar refractivity (Wildman–Crippen MR) is 194 cm³/mol. The Hall–Kier alpha value is -2.77. The maximum absolute atomic E-state index is 13.5. The van der Waals surface area contributed by atoms with Crippen LogP contribution in [0.25, 0.3) is 0 Å². The molecule has 0 aromatic heterocycles. The van der Waals surface area contributed by atoms with E-state index in [0.717, 1.165) is 5.57 Å². The fourth-order valence-electron chi connectivity index (χ4n) is 6.97. The molecular weight excluding hydrogens is 656 g/mol. The Morgan fingerprint density at radius 2 is 1.88 bits per heavy atom. The van der Waals surface area contributed by atoms with Gasteiger partial charge in [0.1, 0.15) is 11.7 Å². The first kappa shape index (κ1) is 42.6. The minimum atomic E-state index is -1.13. The second kappa shape index (κ2) is 19.3. The molecule has 51 heavy (non-hydrogen) atoms. The number of rotatable bonds is 14. The number of amides is 1. The van der Waals surface area contributed by atoms with Crippen LogP contribution < -0.4 is 0 Å². The molecule has 0 saturated carbocycles. The zero-order valence-corrected chi connectivity index (χ0v) is 32.1. The van der Waals surface area contributed by atoms with Crippen LogP contribution in [0.1, 0.15) is 93.4 Å². The molecule has 0 aliphatic carbocycles. The number of esters is 1. The fraction of sp³-hybridized carbons (Fsp3) is 0.769. The van der Waals surface area contributed by atoms with Crippen LogP contribution >= 0.6 is 0 Å². The first-order valence-corrected chi connectivity index (χ1v) is 18.7. The minimum absolute atomic E-state index is 0.00125. The largest absolute Gasteiger partial charge is 0.481 e. The number of aliphatic hydroxyl groups excluding tert-OH is 1. The quantitative estimate of drug-likeness (QED) is 0.0947. The van der Waals surface area contributed by atoms with Crippen LogP contribution in [0.5, 0.6) is 0 Å². The number of carbonyl (C=O) groups excluding carboxylic acids is 2. The van der Waals surface area contributed by atoms with Gasteiger partial charge in [-0.05, 0) is 70.6 Å². The number of hydrogen-bond donors (Lipinski definition) is 3. The van der Waals surface area contributed by atoms with Crippen LogP contribution in [0.15, 0.2) is 36.0 Å². The van der Waals surface area contributed by atoms with E-state index in [9.17, 15) is 24.6 Å². The molecule has 12 nitrogen and oxygen atoms in total. The van der Waals surface area contributed by atoms with Gasteiger partial charge in [0, 0.05) is 64.4 Å². The summed E-state index contributed by atoms with van der Waals surface area (Å²) in [5, 5.41) is 30.2. The Bertz CT molecular complexity index is 1240. The highest BCUT2D eigenvalue weighted by Gasteiger charge is 2.47. The van der Waals surface area contributed by atoms with Gasteiger partial charge in [-0.25, -0.2) is 4.79 Å². The molecule has 0 bridgehead atoms. The number of carboxylic acids is 1. The predicted octanol–water partition coefficient (Wildman–Crippen LogP) is 5.12. The number of methoxy groups -OCH3 is 1. The maximum Gasteiger partial charge on any atom is 0.410 e. The standard InChI is InChI=1S/C39H64N2O10/c1-9-30(42)29(5)36-31(49-36)25-38(6,47)17-10-12-27(3)35-28(4)14-15-32(39(7,48-8)18-16-26(2)24-34(45)51-35)50-37(46)41-22-20-40(21-23-41)19-11-13-33(43)44/h10,12,14-15,17,26,28-32,35-36,42,47H,9,11,13,16,18-25H2,1-8H3,(H,43,44)/b15-14+,17-10+,27-12+/t26-,28+,29-,30+,31-,32+,35-,36-,38+,39-/m1/s1. The molecule has 1 amide bonds. The Morgan fingerprint density at radius 3 is 2.51 bits per heavy atom. The van der Waals surface area contributed by atoms with Crippen molar-refractivity contribution in [2.75, 3.05) is 39.8 Å². The molecule has 12 heteroatoms. The molecule has 0 radical (unpaired) electrons. The zero-order valence-electron chi connectivity index (χ0n) is 32.1. The summed E-state index contributed by atoms with van der Waals surface area (Å²) in [6.45, 7) is 16.3. The molecule has 2 saturated heterocycles. The average Bonchev–Trinajstić information content (AvgIpc) is 3.84. The number of aliphatic hydroxyl groups is 2. The lowest BCUT2D eigenvalue weighted by Gasteiger charge is -2.38. The van der Waals surface area contributed by atoms with Gasteiger partial charge in [-0.3, -0.25) is 14.5 Å². The summed E-state index contributed by atoms with van der Waals surface area (Å²) in [4.78, 5) is 41.3. The number of carbonyl (C=O) groups is 3. The smallest absolute Gasteiger partial charge is 0.410 e. The Morgan fingerprint density at radius 1 is 1.20 bits per heavy atom. The summed E-state index contributed by atoms with van der Waals surface area (Å²) in [6.07, 6.45) is 9.93. The second-order valence-electron chi connectivity index (χ2n) is 15.5. The molecule has 0 spiro atoms. The molecule has 3 aliphatic heterocycles. The minimum Gasteiger partial charge on any atom is -0.481 e. The van der Waals surface area contributed by atoms with Crippen molar-refractivity contribution in [2.45, 2.75) is 135 Å². The molecular formula is C39H64N2O10. The number of hydrogen-bond acceptors (Lipinski definition) is 10. The van der Waals surface area contributed by atoms with E-state index in [1.54, 1.807) is 31.1 Å². The summed E-state index contributed by atoms with van der Waals surface area (Å²) in [5.74, 6) is -1.37. The van der Waals surface area contributed by atoms with Crippen molar-refractivity contribution in [3.8, 4) is 0 Å². The van der Waals surface area contributed by atoms with Gasteiger partial charge in [0.25, 0.3) is 0 Å². The van der Waals surface area contributed by atoms with Crippen molar-refractivity contribution in [2.24, 2.45) is 17.8 Å². The van der Waals surface area contributed by atoms with Crippen LogP contribution in [0, 0.1) is 17.8 Å². The molecule has 10 atom stereocenters. The molecule has 0 aromatic rings. The third-order valence-electron chi connectivity index (χ3n) is 10.8. The van der Waals surface area contributed by atoms with Crippen molar-refractivity contribution in [1.82, 2.24) is 9.80 Å². The average molecular weight is 721 g/mol. The van der Waals surface area contributed by atoms with Crippen LogP contribution in [-0.2, 0) is 28.5 Å². The number of nitrogens with zero attached hydrogens (tertiary/aromatic N) is 2. The van der Waals surface area contributed by atoms with E-state index in [1.165, 1.54) is 0 Å². The van der Waals surface area contributed by atoms with Crippen LogP contribution in [-0.4, -0.2) is 125 Å². The van der Waals surface area contributed by atoms with Gasteiger partial charge in [0.2, 0.25) is 0 Å². The molecule has 290 valence electrons. The lowest BCUT2D eigenvalue weighted by Crippen LogP contribution is -2.51. The maximum atomic E-state index is 13.5. The summed E-state index contributed by atoms with van der Waals surface area (Å²) in [5.41, 5.74) is -1.18. The summed E-state index contributed by atoms with van der Waals surface area (Å²) >= 11 is 0. The van der Waals surface area contributed by atoms with Gasteiger partial charge >= 0.3 is 18.0 Å². The Labute approximate surface area is 304 Å². The zero-order chi connectivity index (χ0) is 37.9. The van der Waals surface area contributed by atoms with Crippen molar-refractivity contribution >= 4 is 18.0 Å².